The monoisotopic (exact) mass is 567 g/mol. The Morgan fingerprint density at radius 3 is 2.40 bits per heavy atom. The number of hydrogen-bond donors (Lipinski definition) is 2. The van der Waals surface area contributed by atoms with E-state index in [4.69, 9.17) is 19.7 Å². The predicted molar refractivity (Wildman–Crippen MR) is 164 cm³/mol. The number of likely N-dealkylation sites (tertiary alicyclic amines) is 1. The molecule has 1 unspecified atom stereocenters. The fourth-order valence-corrected chi connectivity index (χ4v) is 4.49. The smallest absolute Gasteiger partial charge is 0.410 e. The second kappa shape index (κ2) is 13.2. The van der Waals surface area contributed by atoms with E-state index in [2.05, 4.69) is 16.5 Å². The third kappa shape index (κ3) is 8.10. The van der Waals surface area contributed by atoms with Crippen molar-refractivity contribution < 1.29 is 19.1 Å². The normalized spacial score (nSPS) is 14.8. The summed E-state index contributed by atoms with van der Waals surface area (Å²) in [5.41, 5.74) is 2.38. The Kier molecular flexibility index (Phi) is 9.48. The van der Waals surface area contributed by atoms with Gasteiger partial charge in [-0.25, -0.2) is 4.79 Å². The third-order valence-electron chi connectivity index (χ3n) is 6.39. The summed E-state index contributed by atoms with van der Waals surface area (Å²) in [5.74, 6) is 1.65. The number of anilines is 1. The molecule has 9 nitrogen and oxygen atoms in total. The van der Waals surface area contributed by atoms with E-state index in [0.717, 1.165) is 18.6 Å². The molecular weight excluding hydrogens is 530 g/mol. The van der Waals surface area contributed by atoms with Crippen molar-refractivity contribution >= 4 is 23.2 Å². The van der Waals surface area contributed by atoms with Crippen LogP contribution in [0.4, 0.5) is 10.5 Å². The summed E-state index contributed by atoms with van der Waals surface area (Å²) in [6, 6.07) is 22.1. The molecule has 218 valence electrons. The van der Waals surface area contributed by atoms with Crippen molar-refractivity contribution in [2.75, 3.05) is 18.4 Å². The van der Waals surface area contributed by atoms with Gasteiger partial charge >= 0.3 is 6.09 Å². The van der Waals surface area contributed by atoms with Crippen LogP contribution in [0.15, 0.2) is 71.9 Å². The number of ether oxygens (including phenoxy) is 2. The summed E-state index contributed by atoms with van der Waals surface area (Å²) in [4.78, 5) is 20.1. The predicted octanol–water partition coefficient (Wildman–Crippen LogP) is 7.35. The zero-order chi connectivity index (χ0) is 30.3. The molecule has 0 saturated carbocycles. The summed E-state index contributed by atoms with van der Waals surface area (Å²) < 4.78 is 11.5. The maximum absolute atomic E-state index is 12.8. The quantitative estimate of drug-likeness (QED) is 0.217. The molecule has 0 bridgehead atoms. The average Bonchev–Trinajstić information content (AvgIpc) is 2.96. The highest BCUT2D eigenvalue weighted by atomic mass is 16.6. The van der Waals surface area contributed by atoms with Crippen LogP contribution in [0.25, 0.3) is 0 Å². The standard InChI is InChI=1S/C33H37N5O4/c1-22(2)37-42-30-19-29(36-25-10-9-17-38(21-25)32(39)41-33(3,4)5)28(18-24(30)20-34)31(35)23-13-15-27(16-14-23)40-26-11-7-6-8-12-26/h6-8,11-16,18-19,25,35-36H,9-10,17,21H2,1-5H3. The summed E-state index contributed by atoms with van der Waals surface area (Å²) in [6.07, 6.45) is 1.27. The van der Waals surface area contributed by atoms with Crippen LogP contribution in [-0.2, 0) is 4.74 Å². The molecule has 1 heterocycles. The average molecular weight is 568 g/mol. The lowest BCUT2D eigenvalue weighted by Crippen LogP contribution is -2.47. The minimum atomic E-state index is -0.585. The third-order valence-corrected chi connectivity index (χ3v) is 6.39. The Morgan fingerprint density at radius 1 is 1.07 bits per heavy atom. The Labute approximate surface area is 247 Å². The van der Waals surface area contributed by atoms with E-state index in [-0.39, 0.29) is 29.2 Å². The number of para-hydroxylation sites is 1. The van der Waals surface area contributed by atoms with Gasteiger partial charge in [0.05, 0.1) is 17.0 Å². The van der Waals surface area contributed by atoms with E-state index in [1.54, 1.807) is 30.9 Å². The summed E-state index contributed by atoms with van der Waals surface area (Å²) >= 11 is 0. The lowest BCUT2D eigenvalue weighted by atomic mass is 9.97. The number of nitrogens with one attached hydrogen (secondary N) is 2. The van der Waals surface area contributed by atoms with E-state index in [1.807, 2.05) is 75.4 Å². The number of carbonyl (C=O) groups excluding carboxylic acids is 1. The van der Waals surface area contributed by atoms with Gasteiger partial charge in [0.15, 0.2) is 5.75 Å². The molecule has 1 aliphatic heterocycles. The lowest BCUT2D eigenvalue weighted by Gasteiger charge is -2.35. The number of oxime groups is 1. The number of hydrogen-bond acceptors (Lipinski definition) is 8. The summed E-state index contributed by atoms with van der Waals surface area (Å²) in [5, 5.41) is 26.5. The highest BCUT2D eigenvalue weighted by Gasteiger charge is 2.28. The molecule has 2 N–H and O–H groups in total. The number of rotatable bonds is 8. The zero-order valence-electron chi connectivity index (χ0n) is 24.7. The molecule has 0 spiro atoms. The highest BCUT2D eigenvalue weighted by molar-refractivity contribution is 6.14. The zero-order valence-corrected chi connectivity index (χ0v) is 24.7. The molecule has 3 aromatic carbocycles. The molecule has 0 aromatic heterocycles. The van der Waals surface area contributed by atoms with Crippen molar-refractivity contribution in [2.24, 2.45) is 5.16 Å². The van der Waals surface area contributed by atoms with Crippen LogP contribution in [0.5, 0.6) is 17.2 Å². The number of nitrogens with zero attached hydrogens (tertiary/aromatic N) is 3. The summed E-state index contributed by atoms with van der Waals surface area (Å²) in [6.45, 7) is 10.2. The van der Waals surface area contributed by atoms with Crippen molar-refractivity contribution in [2.45, 2.75) is 59.1 Å². The van der Waals surface area contributed by atoms with Gasteiger partial charge in [0.1, 0.15) is 23.2 Å². The Morgan fingerprint density at radius 2 is 1.76 bits per heavy atom. The van der Waals surface area contributed by atoms with Crippen LogP contribution >= 0.6 is 0 Å². The number of piperidine rings is 1. The van der Waals surface area contributed by atoms with Crippen molar-refractivity contribution in [3.63, 3.8) is 0 Å². The van der Waals surface area contributed by atoms with Crippen molar-refractivity contribution in [3.05, 3.63) is 83.4 Å². The van der Waals surface area contributed by atoms with Gasteiger partial charge < -0.3 is 24.5 Å². The van der Waals surface area contributed by atoms with Crippen LogP contribution in [0.1, 0.15) is 64.2 Å². The fraction of sp³-hybridized carbons (Fsp3) is 0.333. The second-order valence-electron chi connectivity index (χ2n) is 11.4. The van der Waals surface area contributed by atoms with Gasteiger partial charge in [0, 0.05) is 42.0 Å². The number of nitriles is 1. The molecule has 0 radical (unpaired) electrons. The fourth-order valence-electron chi connectivity index (χ4n) is 4.49. The molecule has 1 amide bonds. The second-order valence-corrected chi connectivity index (χ2v) is 11.4. The Hall–Kier alpha value is -4.84. The maximum atomic E-state index is 12.8. The molecule has 1 aliphatic rings. The molecule has 1 fully saturated rings. The maximum Gasteiger partial charge on any atom is 0.410 e. The molecule has 1 atom stereocenters. The minimum Gasteiger partial charge on any atom is -0.457 e. The van der Waals surface area contributed by atoms with Gasteiger partial charge in [-0.15, -0.1) is 0 Å². The lowest BCUT2D eigenvalue weighted by molar-refractivity contribution is 0.0206. The number of carbonyl (C=O) groups is 1. The first kappa shape index (κ1) is 30.1. The van der Waals surface area contributed by atoms with E-state index in [9.17, 15) is 10.1 Å². The van der Waals surface area contributed by atoms with Crippen LogP contribution < -0.4 is 14.9 Å². The molecule has 9 heteroatoms. The van der Waals surface area contributed by atoms with Crippen LogP contribution in [0.3, 0.4) is 0 Å². The van der Waals surface area contributed by atoms with Crippen molar-refractivity contribution in [1.82, 2.24) is 4.90 Å². The Bertz CT molecular complexity index is 1480. The van der Waals surface area contributed by atoms with Gasteiger partial charge in [-0.2, -0.15) is 5.26 Å². The first-order chi connectivity index (χ1) is 20.0. The van der Waals surface area contributed by atoms with Crippen LogP contribution in [0, 0.1) is 16.7 Å². The number of benzene rings is 3. The van der Waals surface area contributed by atoms with E-state index >= 15 is 0 Å². The largest absolute Gasteiger partial charge is 0.457 e. The van der Waals surface area contributed by atoms with Gasteiger partial charge in [-0.1, -0.05) is 23.4 Å². The van der Waals surface area contributed by atoms with E-state index < -0.39 is 5.60 Å². The highest BCUT2D eigenvalue weighted by Crippen LogP contribution is 2.32. The van der Waals surface area contributed by atoms with Gasteiger partial charge in [0.25, 0.3) is 0 Å². The molecule has 1 saturated heterocycles. The first-order valence-electron chi connectivity index (χ1n) is 14.0. The van der Waals surface area contributed by atoms with Crippen molar-refractivity contribution in [3.8, 4) is 23.3 Å². The van der Waals surface area contributed by atoms with Crippen LogP contribution in [-0.4, -0.2) is 47.1 Å². The Balaban J connectivity index is 1.62. The SMILES string of the molecule is CC(C)=NOc1cc(NC2CCCN(C(=O)OC(C)(C)C)C2)c(C(=N)c2ccc(Oc3ccccc3)cc2)cc1C#N. The molecule has 0 aliphatic carbocycles. The van der Waals surface area contributed by atoms with Gasteiger partial charge in [-0.05, 0) is 89.9 Å². The van der Waals surface area contributed by atoms with Gasteiger partial charge in [-0.3, -0.25) is 5.41 Å². The molecule has 4 rings (SSSR count). The van der Waals surface area contributed by atoms with Gasteiger partial charge in [0.2, 0.25) is 0 Å². The molecular formula is C33H37N5O4. The topological polar surface area (TPSA) is 120 Å². The number of amides is 1. The van der Waals surface area contributed by atoms with Crippen LogP contribution in [0.2, 0.25) is 0 Å². The minimum absolute atomic E-state index is 0.100. The van der Waals surface area contributed by atoms with E-state index in [0.29, 0.717) is 41.4 Å². The van der Waals surface area contributed by atoms with E-state index in [1.165, 1.54) is 0 Å². The molecule has 3 aromatic rings. The van der Waals surface area contributed by atoms with Crippen molar-refractivity contribution in [1.29, 1.82) is 10.7 Å². The molecule has 42 heavy (non-hydrogen) atoms. The summed E-state index contributed by atoms with van der Waals surface area (Å²) in [7, 11) is 0. The first-order valence-corrected chi connectivity index (χ1v) is 14.0.